The van der Waals surface area contributed by atoms with Crippen molar-refractivity contribution in [1.82, 2.24) is 10.6 Å². The molecule has 120 valence electrons. The number of carboxylic acid groups (broad SMARTS) is 1. The molecule has 0 aromatic rings. The number of amides is 3. The van der Waals surface area contributed by atoms with Gasteiger partial charge in [-0.2, -0.15) is 0 Å². The lowest BCUT2D eigenvalue weighted by Gasteiger charge is -2.16. The van der Waals surface area contributed by atoms with Gasteiger partial charge in [0, 0.05) is 6.42 Å². The number of aliphatic hydroxyl groups is 1. The fourth-order valence-electron chi connectivity index (χ4n) is 1.29. The summed E-state index contributed by atoms with van der Waals surface area (Å²) in [4.78, 5) is 44.3. The Morgan fingerprint density at radius 1 is 1.24 bits per heavy atom. The molecule has 0 aromatic carbocycles. The number of carbonyl (C=O) groups excluding carboxylic acids is 3. The van der Waals surface area contributed by atoms with Crippen molar-refractivity contribution in [2.24, 2.45) is 11.5 Å². The molecule has 0 spiro atoms. The van der Waals surface area contributed by atoms with E-state index in [-0.39, 0.29) is 12.8 Å². The van der Waals surface area contributed by atoms with Crippen molar-refractivity contribution in [2.45, 2.75) is 38.0 Å². The minimum absolute atomic E-state index is 0.155. The zero-order valence-electron chi connectivity index (χ0n) is 11.5. The van der Waals surface area contributed by atoms with E-state index in [9.17, 15) is 19.2 Å². The van der Waals surface area contributed by atoms with Crippen molar-refractivity contribution in [3.8, 4) is 0 Å². The van der Waals surface area contributed by atoms with Gasteiger partial charge in [0.1, 0.15) is 12.1 Å². The van der Waals surface area contributed by atoms with Crippen LogP contribution in [0.2, 0.25) is 0 Å². The summed E-state index contributed by atoms with van der Waals surface area (Å²) in [5.74, 6) is -3.52. The molecule has 0 bridgehead atoms. The van der Waals surface area contributed by atoms with Crippen LogP contribution >= 0.6 is 0 Å². The molecule has 0 aliphatic rings. The highest BCUT2D eigenvalue weighted by atomic mass is 16.4. The highest BCUT2D eigenvalue weighted by molar-refractivity contribution is 5.89. The molecule has 0 aromatic heterocycles. The van der Waals surface area contributed by atoms with E-state index in [0.717, 1.165) is 0 Å². The van der Waals surface area contributed by atoms with Crippen LogP contribution in [0.1, 0.15) is 19.8 Å². The Morgan fingerprint density at radius 3 is 2.24 bits per heavy atom. The molecular formula is C11H20N4O6. The van der Waals surface area contributed by atoms with Gasteiger partial charge in [0.15, 0.2) is 0 Å². The molecule has 10 heteroatoms. The summed E-state index contributed by atoms with van der Waals surface area (Å²) >= 11 is 0. The van der Waals surface area contributed by atoms with Crippen LogP contribution in [0.5, 0.6) is 0 Å². The average molecular weight is 304 g/mol. The van der Waals surface area contributed by atoms with Crippen LogP contribution in [0.4, 0.5) is 0 Å². The Bertz CT molecular complexity index is 412. The molecule has 8 N–H and O–H groups in total. The maximum atomic E-state index is 11.5. The first kappa shape index (κ1) is 18.8. The molecule has 0 saturated carbocycles. The second-order valence-electron chi connectivity index (χ2n) is 4.45. The van der Waals surface area contributed by atoms with Crippen LogP contribution < -0.4 is 22.1 Å². The minimum Gasteiger partial charge on any atom is -0.480 e. The van der Waals surface area contributed by atoms with Gasteiger partial charge < -0.3 is 32.3 Å². The third kappa shape index (κ3) is 7.84. The SMILES string of the molecule is CC(O)C(N)C(=O)NCC(=O)NC(CCC(N)=O)C(=O)O. The highest BCUT2D eigenvalue weighted by Crippen LogP contribution is 1.97. The second kappa shape index (κ2) is 8.87. The van der Waals surface area contributed by atoms with Crippen LogP contribution in [-0.4, -0.2) is 58.6 Å². The number of nitrogens with one attached hydrogen (secondary N) is 2. The molecule has 3 amide bonds. The molecule has 0 fully saturated rings. The second-order valence-corrected chi connectivity index (χ2v) is 4.45. The molecular weight excluding hydrogens is 284 g/mol. The van der Waals surface area contributed by atoms with Gasteiger partial charge >= 0.3 is 5.97 Å². The molecule has 0 aliphatic carbocycles. The van der Waals surface area contributed by atoms with Crippen molar-refractivity contribution in [2.75, 3.05) is 6.54 Å². The molecule has 3 unspecified atom stereocenters. The lowest BCUT2D eigenvalue weighted by atomic mass is 10.1. The van der Waals surface area contributed by atoms with Gasteiger partial charge in [0.2, 0.25) is 17.7 Å². The molecule has 10 nitrogen and oxygen atoms in total. The standard InChI is InChI=1S/C11H20N4O6/c1-5(16)9(13)10(19)14-4-8(18)15-6(11(20)21)2-3-7(12)17/h5-6,9,16H,2-4,13H2,1H3,(H2,12,17)(H,14,19)(H,15,18)(H,20,21). The van der Waals surface area contributed by atoms with Crippen LogP contribution in [-0.2, 0) is 19.2 Å². The molecule has 0 rings (SSSR count). The van der Waals surface area contributed by atoms with E-state index < -0.39 is 48.4 Å². The van der Waals surface area contributed by atoms with E-state index in [1.54, 1.807) is 0 Å². The topological polar surface area (TPSA) is 185 Å². The maximum absolute atomic E-state index is 11.5. The predicted molar refractivity (Wildman–Crippen MR) is 70.7 cm³/mol. The summed E-state index contributed by atoms with van der Waals surface area (Å²) in [7, 11) is 0. The summed E-state index contributed by atoms with van der Waals surface area (Å²) in [5.41, 5.74) is 10.2. The smallest absolute Gasteiger partial charge is 0.326 e. The number of nitrogens with two attached hydrogens (primary N) is 2. The zero-order valence-corrected chi connectivity index (χ0v) is 11.5. The van der Waals surface area contributed by atoms with Crippen LogP contribution in [0, 0.1) is 0 Å². The number of aliphatic hydroxyl groups excluding tert-OH is 1. The van der Waals surface area contributed by atoms with E-state index in [4.69, 9.17) is 21.7 Å². The number of carboxylic acids is 1. The van der Waals surface area contributed by atoms with Crippen LogP contribution in [0.15, 0.2) is 0 Å². The fourth-order valence-corrected chi connectivity index (χ4v) is 1.29. The molecule has 0 aliphatic heterocycles. The predicted octanol–water partition coefficient (Wildman–Crippen LogP) is -3.35. The molecule has 3 atom stereocenters. The Morgan fingerprint density at radius 2 is 1.81 bits per heavy atom. The molecule has 0 saturated heterocycles. The third-order valence-electron chi connectivity index (χ3n) is 2.56. The van der Waals surface area contributed by atoms with Gasteiger partial charge in [-0.05, 0) is 13.3 Å². The van der Waals surface area contributed by atoms with Crippen molar-refractivity contribution in [3.63, 3.8) is 0 Å². The number of hydrogen-bond acceptors (Lipinski definition) is 6. The van der Waals surface area contributed by atoms with Crippen LogP contribution in [0.25, 0.3) is 0 Å². The van der Waals surface area contributed by atoms with E-state index in [1.807, 2.05) is 0 Å². The van der Waals surface area contributed by atoms with Gasteiger partial charge in [-0.25, -0.2) is 4.79 Å². The Hall–Kier alpha value is -2.20. The Balaban J connectivity index is 4.29. The summed E-state index contributed by atoms with van der Waals surface area (Å²) in [5, 5.41) is 22.2. The first-order chi connectivity index (χ1) is 9.65. The summed E-state index contributed by atoms with van der Waals surface area (Å²) in [6, 6.07) is -2.48. The summed E-state index contributed by atoms with van der Waals surface area (Å²) in [6.45, 7) is 0.814. The average Bonchev–Trinajstić information content (AvgIpc) is 2.38. The monoisotopic (exact) mass is 304 g/mol. The van der Waals surface area contributed by atoms with Gasteiger partial charge in [0.05, 0.1) is 12.6 Å². The van der Waals surface area contributed by atoms with Crippen LogP contribution in [0.3, 0.4) is 0 Å². The number of rotatable bonds is 9. The van der Waals surface area contributed by atoms with Crippen molar-refractivity contribution in [1.29, 1.82) is 0 Å². The number of primary amides is 1. The summed E-state index contributed by atoms with van der Waals surface area (Å²) in [6.07, 6.45) is -1.44. The first-order valence-electron chi connectivity index (χ1n) is 6.17. The quantitative estimate of drug-likeness (QED) is 0.257. The summed E-state index contributed by atoms with van der Waals surface area (Å²) < 4.78 is 0. The van der Waals surface area contributed by atoms with E-state index in [1.165, 1.54) is 6.92 Å². The Kier molecular flexibility index (Phi) is 7.94. The lowest BCUT2D eigenvalue weighted by Crippen LogP contribution is -2.51. The lowest BCUT2D eigenvalue weighted by molar-refractivity contribution is -0.142. The van der Waals surface area contributed by atoms with Gasteiger partial charge in [-0.3, -0.25) is 14.4 Å². The van der Waals surface area contributed by atoms with Crippen molar-refractivity contribution in [3.05, 3.63) is 0 Å². The van der Waals surface area contributed by atoms with E-state index in [0.29, 0.717) is 0 Å². The van der Waals surface area contributed by atoms with Gasteiger partial charge in [0.25, 0.3) is 0 Å². The van der Waals surface area contributed by atoms with E-state index in [2.05, 4.69) is 10.6 Å². The largest absolute Gasteiger partial charge is 0.480 e. The van der Waals surface area contributed by atoms with E-state index >= 15 is 0 Å². The number of aliphatic carboxylic acids is 1. The van der Waals surface area contributed by atoms with Gasteiger partial charge in [-0.1, -0.05) is 0 Å². The maximum Gasteiger partial charge on any atom is 0.326 e. The molecule has 21 heavy (non-hydrogen) atoms. The zero-order chi connectivity index (χ0) is 16.6. The van der Waals surface area contributed by atoms with Crippen molar-refractivity contribution >= 4 is 23.7 Å². The van der Waals surface area contributed by atoms with Crippen molar-refractivity contribution < 1.29 is 29.4 Å². The molecule has 0 radical (unpaired) electrons. The fraction of sp³-hybridized carbons (Fsp3) is 0.636. The Labute approximate surface area is 120 Å². The highest BCUT2D eigenvalue weighted by Gasteiger charge is 2.22. The number of carbonyl (C=O) groups is 4. The number of hydrogen-bond donors (Lipinski definition) is 6. The third-order valence-corrected chi connectivity index (χ3v) is 2.56. The minimum atomic E-state index is -1.32. The molecule has 0 heterocycles. The van der Waals surface area contributed by atoms with Gasteiger partial charge in [-0.15, -0.1) is 0 Å². The first-order valence-corrected chi connectivity index (χ1v) is 6.17. The normalized spacial score (nSPS) is 14.6.